The van der Waals surface area contributed by atoms with Crippen molar-refractivity contribution in [3.8, 4) is 5.75 Å². The Labute approximate surface area is 146 Å². The Kier molecular flexibility index (Phi) is 11.5. The highest BCUT2D eigenvalue weighted by molar-refractivity contribution is 7.80. The van der Waals surface area contributed by atoms with Gasteiger partial charge in [0.25, 0.3) is 0 Å². The molecule has 1 aromatic rings. The zero-order valence-corrected chi connectivity index (χ0v) is 15.2. The Bertz CT molecular complexity index is 417. The van der Waals surface area contributed by atoms with Crippen LogP contribution in [0, 0.1) is 0 Å². The summed E-state index contributed by atoms with van der Waals surface area (Å²) in [5.41, 5.74) is 0.576. The highest BCUT2D eigenvalue weighted by Crippen LogP contribution is 2.13. The Morgan fingerprint density at radius 2 is 1.39 bits per heavy atom. The molecule has 0 aliphatic rings. The molecule has 0 saturated heterocycles. The summed E-state index contributed by atoms with van der Waals surface area (Å²) in [7, 11) is 1.61. The van der Waals surface area contributed by atoms with Crippen molar-refractivity contribution in [1.29, 1.82) is 0 Å². The molecule has 1 aromatic carbocycles. The molecule has 0 atom stereocenters. The van der Waals surface area contributed by atoms with E-state index >= 15 is 0 Å². The number of carbonyl (C=O) groups excluding carboxylic acids is 1. The predicted octanol–water partition coefficient (Wildman–Crippen LogP) is 5.29. The summed E-state index contributed by atoms with van der Waals surface area (Å²) in [4.78, 5) is 11.8. The van der Waals surface area contributed by atoms with Crippen LogP contribution in [0.15, 0.2) is 24.3 Å². The minimum atomic E-state index is -0.253. The first-order valence-electron chi connectivity index (χ1n) is 8.70. The number of esters is 1. The lowest BCUT2D eigenvalue weighted by molar-refractivity contribution is 0.0497. The third-order valence-electron chi connectivity index (χ3n) is 3.86. The first-order valence-corrected chi connectivity index (χ1v) is 9.33. The van der Waals surface area contributed by atoms with Gasteiger partial charge < -0.3 is 9.47 Å². The van der Waals surface area contributed by atoms with Crippen LogP contribution in [0.1, 0.15) is 68.1 Å². The van der Waals surface area contributed by atoms with Crippen LogP contribution in [0.5, 0.6) is 5.75 Å². The fourth-order valence-corrected chi connectivity index (χ4v) is 2.65. The van der Waals surface area contributed by atoms with Gasteiger partial charge in [-0.2, -0.15) is 12.6 Å². The lowest BCUT2D eigenvalue weighted by atomic mass is 10.1. The molecular weight excluding hydrogens is 308 g/mol. The first-order chi connectivity index (χ1) is 11.3. The predicted molar refractivity (Wildman–Crippen MR) is 98.7 cm³/mol. The van der Waals surface area contributed by atoms with Gasteiger partial charge in [0.1, 0.15) is 5.75 Å². The molecule has 130 valence electrons. The Morgan fingerprint density at radius 1 is 0.870 bits per heavy atom. The minimum absolute atomic E-state index is 0.253. The molecule has 0 bridgehead atoms. The van der Waals surface area contributed by atoms with Crippen molar-refractivity contribution in [3.05, 3.63) is 29.8 Å². The SMILES string of the molecule is COc1ccc(C(=O)OCCCCCCCCCCCS)cc1. The highest BCUT2D eigenvalue weighted by Gasteiger charge is 2.06. The topological polar surface area (TPSA) is 35.5 Å². The molecule has 0 spiro atoms. The number of unbranched alkanes of at least 4 members (excludes halogenated alkanes) is 8. The third kappa shape index (κ3) is 9.54. The monoisotopic (exact) mass is 338 g/mol. The molecule has 0 aliphatic carbocycles. The summed E-state index contributed by atoms with van der Waals surface area (Å²) in [6.45, 7) is 0.507. The molecule has 0 N–H and O–H groups in total. The van der Waals surface area contributed by atoms with Crippen LogP contribution in [0.25, 0.3) is 0 Å². The molecule has 4 heteroatoms. The second kappa shape index (κ2) is 13.3. The van der Waals surface area contributed by atoms with Crippen molar-refractivity contribution >= 4 is 18.6 Å². The first kappa shape index (κ1) is 19.9. The molecule has 0 aliphatic heterocycles. The number of thiol groups is 1. The molecule has 1 rings (SSSR count). The molecule has 0 unspecified atom stereocenters. The van der Waals surface area contributed by atoms with Crippen LogP contribution in [-0.2, 0) is 4.74 Å². The Balaban J connectivity index is 1.97. The van der Waals surface area contributed by atoms with Gasteiger partial charge in [-0.3, -0.25) is 0 Å². The van der Waals surface area contributed by atoms with Crippen LogP contribution in [0.3, 0.4) is 0 Å². The van der Waals surface area contributed by atoms with E-state index in [0.29, 0.717) is 12.2 Å². The zero-order valence-electron chi connectivity index (χ0n) is 14.3. The van der Waals surface area contributed by atoms with Crippen molar-refractivity contribution in [2.24, 2.45) is 0 Å². The van der Waals surface area contributed by atoms with Gasteiger partial charge in [-0.1, -0.05) is 44.9 Å². The van der Waals surface area contributed by atoms with Gasteiger partial charge >= 0.3 is 5.97 Å². The number of methoxy groups -OCH3 is 1. The van der Waals surface area contributed by atoms with Crippen LogP contribution in [-0.4, -0.2) is 25.4 Å². The minimum Gasteiger partial charge on any atom is -0.497 e. The summed E-state index contributed by atoms with van der Waals surface area (Å²) >= 11 is 4.22. The number of rotatable bonds is 13. The molecule has 3 nitrogen and oxygen atoms in total. The summed E-state index contributed by atoms with van der Waals surface area (Å²) in [5, 5.41) is 0. The molecule has 0 aromatic heterocycles. The zero-order chi connectivity index (χ0) is 16.8. The van der Waals surface area contributed by atoms with Crippen molar-refractivity contribution in [3.63, 3.8) is 0 Å². The van der Waals surface area contributed by atoms with Crippen molar-refractivity contribution < 1.29 is 14.3 Å². The van der Waals surface area contributed by atoms with E-state index in [-0.39, 0.29) is 5.97 Å². The maximum absolute atomic E-state index is 11.8. The van der Waals surface area contributed by atoms with Crippen LogP contribution >= 0.6 is 12.6 Å². The third-order valence-corrected chi connectivity index (χ3v) is 4.18. The van der Waals surface area contributed by atoms with E-state index in [2.05, 4.69) is 12.6 Å². The van der Waals surface area contributed by atoms with Crippen LogP contribution in [0.2, 0.25) is 0 Å². The van der Waals surface area contributed by atoms with Gasteiger partial charge in [0, 0.05) is 0 Å². The maximum Gasteiger partial charge on any atom is 0.338 e. The second-order valence-electron chi connectivity index (χ2n) is 5.77. The van der Waals surface area contributed by atoms with Crippen LogP contribution in [0.4, 0.5) is 0 Å². The average Bonchev–Trinajstić information content (AvgIpc) is 2.59. The van der Waals surface area contributed by atoms with E-state index in [0.717, 1.165) is 24.3 Å². The van der Waals surface area contributed by atoms with E-state index < -0.39 is 0 Å². The van der Waals surface area contributed by atoms with Gasteiger partial charge in [-0.05, 0) is 42.9 Å². The van der Waals surface area contributed by atoms with Crippen molar-refractivity contribution in [2.75, 3.05) is 19.5 Å². The molecule has 23 heavy (non-hydrogen) atoms. The van der Waals surface area contributed by atoms with Gasteiger partial charge in [0.05, 0.1) is 19.3 Å². The van der Waals surface area contributed by atoms with E-state index in [1.165, 1.54) is 44.9 Å². The number of hydrogen-bond donors (Lipinski definition) is 1. The van der Waals surface area contributed by atoms with Crippen molar-refractivity contribution in [2.45, 2.75) is 57.8 Å². The summed E-state index contributed by atoms with van der Waals surface area (Å²) in [6.07, 6.45) is 11.1. The standard InChI is InChI=1S/C19H30O3S/c1-21-18-13-11-17(12-14-18)19(20)22-15-9-7-5-3-2-4-6-8-10-16-23/h11-14,23H,2-10,15-16H2,1H3. The largest absolute Gasteiger partial charge is 0.497 e. The molecule has 0 fully saturated rings. The fraction of sp³-hybridized carbons (Fsp3) is 0.632. The number of benzene rings is 1. The van der Waals surface area contributed by atoms with E-state index in [4.69, 9.17) is 9.47 Å². The van der Waals surface area contributed by atoms with Gasteiger partial charge in [0.15, 0.2) is 0 Å². The van der Waals surface area contributed by atoms with Gasteiger partial charge in [-0.25, -0.2) is 4.79 Å². The van der Waals surface area contributed by atoms with Crippen molar-refractivity contribution in [1.82, 2.24) is 0 Å². The normalized spacial score (nSPS) is 10.5. The molecule has 0 amide bonds. The number of hydrogen-bond acceptors (Lipinski definition) is 4. The lowest BCUT2D eigenvalue weighted by Gasteiger charge is -2.06. The summed E-state index contributed by atoms with van der Waals surface area (Å²) in [5.74, 6) is 1.50. The lowest BCUT2D eigenvalue weighted by Crippen LogP contribution is -2.06. The van der Waals surface area contributed by atoms with Gasteiger partial charge in [-0.15, -0.1) is 0 Å². The smallest absolute Gasteiger partial charge is 0.338 e. The number of ether oxygens (including phenoxy) is 2. The quantitative estimate of drug-likeness (QED) is 0.301. The van der Waals surface area contributed by atoms with Gasteiger partial charge in [0.2, 0.25) is 0 Å². The summed E-state index contributed by atoms with van der Waals surface area (Å²) < 4.78 is 10.4. The number of carbonyl (C=O) groups is 1. The summed E-state index contributed by atoms with van der Waals surface area (Å²) in [6, 6.07) is 7.00. The van der Waals surface area contributed by atoms with E-state index in [9.17, 15) is 4.79 Å². The van der Waals surface area contributed by atoms with Crippen LogP contribution < -0.4 is 4.74 Å². The van der Waals surface area contributed by atoms with E-state index in [1.54, 1.807) is 31.4 Å². The molecular formula is C19H30O3S. The molecule has 0 radical (unpaired) electrons. The average molecular weight is 339 g/mol. The molecule has 0 heterocycles. The highest BCUT2D eigenvalue weighted by atomic mass is 32.1. The Hall–Kier alpha value is -1.16. The Morgan fingerprint density at radius 3 is 1.91 bits per heavy atom. The molecule has 0 saturated carbocycles. The maximum atomic E-state index is 11.8. The second-order valence-corrected chi connectivity index (χ2v) is 6.22. The van der Waals surface area contributed by atoms with E-state index in [1.807, 2.05) is 0 Å². The fourth-order valence-electron chi connectivity index (χ4n) is 2.43.